The maximum Gasteiger partial charge on any atom is 0.333 e. The first-order chi connectivity index (χ1) is 7.68. The van der Waals surface area contributed by atoms with Crippen molar-refractivity contribution in [3.63, 3.8) is 0 Å². The number of carbonyl (C=O) groups is 1. The molecule has 88 valence electrons. The zero-order valence-corrected chi connectivity index (χ0v) is 9.52. The van der Waals surface area contributed by atoms with Gasteiger partial charge in [0.15, 0.2) is 6.39 Å². The van der Waals surface area contributed by atoms with Crippen LogP contribution in [-0.4, -0.2) is 17.6 Å². The molecule has 0 radical (unpaired) electrons. The van der Waals surface area contributed by atoms with Gasteiger partial charge in [0.05, 0.1) is 12.8 Å². The van der Waals surface area contributed by atoms with Gasteiger partial charge >= 0.3 is 5.97 Å². The summed E-state index contributed by atoms with van der Waals surface area (Å²) in [6.07, 6.45) is 7.99. The number of unbranched alkanes of at least 4 members (excludes halogenated alkanes) is 1. The number of allylic oxidation sites excluding steroid dienone is 1. The molecule has 0 saturated heterocycles. The van der Waals surface area contributed by atoms with E-state index in [1.54, 1.807) is 19.2 Å². The number of rotatable bonds is 5. The van der Waals surface area contributed by atoms with Gasteiger partial charge in [-0.05, 0) is 19.8 Å². The van der Waals surface area contributed by atoms with Gasteiger partial charge in [-0.3, -0.25) is 0 Å². The highest BCUT2D eigenvalue weighted by atomic mass is 16.5. The molecule has 0 spiro atoms. The summed E-state index contributed by atoms with van der Waals surface area (Å²) in [5, 5.41) is 0. The SMILES string of the molecule is C=CCCCOC(=O)C(=C)C.c1cocn1. The lowest BCUT2D eigenvalue weighted by atomic mass is 10.3. The summed E-state index contributed by atoms with van der Waals surface area (Å²) in [5.41, 5.74) is 0.448. The van der Waals surface area contributed by atoms with Crippen LogP contribution in [0.2, 0.25) is 0 Å². The van der Waals surface area contributed by atoms with E-state index in [1.165, 1.54) is 12.7 Å². The molecular weight excluding hydrogens is 206 g/mol. The fourth-order valence-electron chi connectivity index (χ4n) is 0.691. The van der Waals surface area contributed by atoms with Crippen molar-refractivity contribution >= 4 is 5.97 Å². The van der Waals surface area contributed by atoms with Gasteiger partial charge in [0.1, 0.15) is 6.26 Å². The van der Waals surface area contributed by atoms with Crippen molar-refractivity contribution in [2.45, 2.75) is 19.8 Å². The van der Waals surface area contributed by atoms with E-state index in [2.05, 4.69) is 22.6 Å². The third kappa shape index (κ3) is 8.74. The molecule has 0 aliphatic carbocycles. The molecule has 4 heteroatoms. The lowest BCUT2D eigenvalue weighted by Gasteiger charge is -2.01. The zero-order chi connectivity index (χ0) is 12.2. The Kier molecular flexibility index (Phi) is 8.59. The van der Waals surface area contributed by atoms with Gasteiger partial charge in [-0.25, -0.2) is 9.78 Å². The summed E-state index contributed by atoms with van der Waals surface area (Å²) >= 11 is 0. The van der Waals surface area contributed by atoms with Crippen LogP contribution >= 0.6 is 0 Å². The second-order valence-electron chi connectivity index (χ2n) is 3.02. The second-order valence-corrected chi connectivity index (χ2v) is 3.02. The summed E-state index contributed by atoms with van der Waals surface area (Å²) in [5.74, 6) is -0.311. The Morgan fingerprint density at radius 2 is 2.38 bits per heavy atom. The molecule has 0 saturated carbocycles. The van der Waals surface area contributed by atoms with Crippen LogP contribution in [0.1, 0.15) is 19.8 Å². The fraction of sp³-hybridized carbons (Fsp3) is 0.333. The summed E-state index contributed by atoms with van der Waals surface area (Å²) < 4.78 is 9.29. The van der Waals surface area contributed by atoms with Gasteiger partial charge in [0.2, 0.25) is 0 Å². The van der Waals surface area contributed by atoms with E-state index in [-0.39, 0.29) is 5.97 Å². The predicted octanol–water partition coefficient (Wildman–Crippen LogP) is 2.75. The molecule has 1 heterocycles. The van der Waals surface area contributed by atoms with Crippen molar-refractivity contribution in [2.75, 3.05) is 6.61 Å². The van der Waals surface area contributed by atoms with E-state index >= 15 is 0 Å². The molecule has 16 heavy (non-hydrogen) atoms. The molecule has 0 aliphatic heterocycles. The molecule has 0 amide bonds. The first kappa shape index (κ1) is 14.2. The second kappa shape index (κ2) is 9.71. The maximum atomic E-state index is 10.8. The highest BCUT2D eigenvalue weighted by molar-refractivity contribution is 5.86. The number of nitrogens with zero attached hydrogens (tertiary/aromatic N) is 1. The Hall–Kier alpha value is -1.84. The van der Waals surface area contributed by atoms with E-state index in [9.17, 15) is 4.79 Å². The van der Waals surface area contributed by atoms with Crippen LogP contribution in [0.25, 0.3) is 0 Å². The molecule has 0 aromatic carbocycles. The Balaban J connectivity index is 0.000000368. The smallest absolute Gasteiger partial charge is 0.333 e. The van der Waals surface area contributed by atoms with Crippen molar-refractivity contribution in [1.29, 1.82) is 0 Å². The number of hydrogen-bond donors (Lipinski definition) is 0. The number of hydrogen-bond acceptors (Lipinski definition) is 4. The summed E-state index contributed by atoms with van der Waals surface area (Å²) in [7, 11) is 0. The largest absolute Gasteiger partial charge is 0.462 e. The Labute approximate surface area is 95.6 Å². The van der Waals surface area contributed by atoms with Gasteiger partial charge in [-0.1, -0.05) is 12.7 Å². The van der Waals surface area contributed by atoms with E-state index in [1.807, 2.05) is 0 Å². The van der Waals surface area contributed by atoms with Crippen LogP contribution in [0.5, 0.6) is 0 Å². The van der Waals surface area contributed by atoms with Crippen LogP contribution in [0.3, 0.4) is 0 Å². The lowest BCUT2D eigenvalue weighted by Crippen LogP contribution is -2.05. The molecule has 1 aromatic rings. The van der Waals surface area contributed by atoms with Crippen molar-refractivity contribution < 1.29 is 13.9 Å². The van der Waals surface area contributed by atoms with Gasteiger partial charge in [-0.2, -0.15) is 0 Å². The van der Waals surface area contributed by atoms with E-state index in [0.717, 1.165) is 12.8 Å². The molecule has 0 bridgehead atoms. The minimum Gasteiger partial charge on any atom is -0.462 e. The van der Waals surface area contributed by atoms with Crippen LogP contribution in [-0.2, 0) is 9.53 Å². The van der Waals surface area contributed by atoms with Crippen LogP contribution in [0.4, 0.5) is 0 Å². The predicted molar refractivity (Wildman–Crippen MR) is 61.7 cm³/mol. The summed E-state index contributed by atoms with van der Waals surface area (Å²) in [4.78, 5) is 14.3. The number of esters is 1. The van der Waals surface area contributed by atoms with Gasteiger partial charge in [-0.15, -0.1) is 6.58 Å². The minimum absolute atomic E-state index is 0.311. The number of carbonyl (C=O) groups excluding carboxylic acids is 1. The van der Waals surface area contributed by atoms with E-state index in [4.69, 9.17) is 4.74 Å². The van der Waals surface area contributed by atoms with Gasteiger partial charge < -0.3 is 9.15 Å². The minimum atomic E-state index is -0.311. The number of oxazole rings is 1. The average molecular weight is 223 g/mol. The molecule has 1 rings (SSSR count). The average Bonchev–Trinajstić information content (AvgIpc) is 2.82. The molecular formula is C12H17NO3. The molecule has 1 aromatic heterocycles. The van der Waals surface area contributed by atoms with Crippen molar-refractivity contribution in [3.05, 3.63) is 43.7 Å². The normalized spacial score (nSPS) is 8.56. The number of ether oxygens (including phenoxy) is 1. The molecule has 0 N–H and O–H groups in total. The molecule has 0 fully saturated rings. The van der Waals surface area contributed by atoms with Crippen LogP contribution in [0, 0.1) is 0 Å². The monoisotopic (exact) mass is 223 g/mol. The molecule has 4 nitrogen and oxygen atoms in total. The van der Waals surface area contributed by atoms with Crippen LogP contribution in [0.15, 0.2) is 48.1 Å². The first-order valence-corrected chi connectivity index (χ1v) is 4.94. The first-order valence-electron chi connectivity index (χ1n) is 4.94. The maximum absolute atomic E-state index is 10.8. The van der Waals surface area contributed by atoms with Crippen molar-refractivity contribution in [2.24, 2.45) is 0 Å². The number of aromatic nitrogens is 1. The highest BCUT2D eigenvalue weighted by Gasteiger charge is 2.00. The van der Waals surface area contributed by atoms with Gasteiger partial charge in [0, 0.05) is 5.57 Å². The summed E-state index contributed by atoms with van der Waals surface area (Å²) in [6, 6.07) is 0. The lowest BCUT2D eigenvalue weighted by molar-refractivity contribution is -0.139. The zero-order valence-electron chi connectivity index (χ0n) is 9.52. The van der Waals surface area contributed by atoms with Crippen LogP contribution < -0.4 is 0 Å². The van der Waals surface area contributed by atoms with Crippen molar-refractivity contribution in [1.82, 2.24) is 4.98 Å². The third-order valence-corrected chi connectivity index (χ3v) is 1.48. The Morgan fingerprint density at radius 3 is 2.75 bits per heavy atom. The van der Waals surface area contributed by atoms with E-state index in [0.29, 0.717) is 12.2 Å². The topological polar surface area (TPSA) is 52.3 Å². The molecule has 0 unspecified atom stereocenters. The fourth-order valence-corrected chi connectivity index (χ4v) is 0.691. The molecule has 0 atom stereocenters. The van der Waals surface area contributed by atoms with E-state index < -0.39 is 0 Å². The standard InChI is InChI=1S/C9H14O2.C3H3NO/c1-4-5-6-7-11-9(10)8(2)3;1-2-5-3-4-1/h4H,1-2,5-7H2,3H3;1-3H. The highest BCUT2D eigenvalue weighted by Crippen LogP contribution is 1.95. The third-order valence-electron chi connectivity index (χ3n) is 1.48. The van der Waals surface area contributed by atoms with Crippen molar-refractivity contribution in [3.8, 4) is 0 Å². The Morgan fingerprint density at radius 1 is 1.62 bits per heavy atom. The molecule has 0 aliphatic rings. The van der Waals surface area contributed by atoms with Gasteiger partial charge in [0.25, 0.3) is 0 Å². The Bertz CT molecular complexity index is 287. The quantitative estimate of drug-likeness (QED) is 0.333. The summed E-state index contributed by atoms with van der Waals surface area (Å²) in [6.45, 7) is 9.10.